The number of pyridine rings is 1. The van der Waals surface area contributed by atoms with E-state index < -0.39 is 0 Å². The van der Waals surface area contributed by atoms with Crippen LogP contribution in [0.2, 0.25) is 5.02 Å². The molecule has 0 aliphatic carbocycles. The summed E-state index contributed by atoms with van der Waals surface area (Å²) < 4.78 is 8.08. The highest BCUT2D eigenvalue weighted by atomic mass is 35.5. The molecule has 3 heterocycles. The molecular formula is C30H33ClN6O2. The van der Waals surface area contributed by atoms with E-state index in [1.807, 2.05) is 54.1 Å². The van der Waals surface area contributed by atoms with Gasteiger partial charge in [0.05, 0.1) is 11.0 Å². The number of nitrogens with zero attached hydrogens (tertiary/aromatic N) is 4. The second-order valence-corrected chi connectivity index (χ2v) is 11.5. The molecule has 0 bridgehead atoms. The van der Waals surface area contributed by atoms with Gasteiger partial charge in [-0.2, -0.15) is 0 Å². The van der Waals surface area contributed by atoms with Gasteiger partial charge < -0.3 is 19.9 Å². The molecule has 0 spiro atoms. The Balaban J connectivity index is 1.32. The van der Waals surface area contributed by atoms with E-state index in [1.165, 1.54) is 0 Å². The van der Waals surface area contributed by atoms with Gasteiger partial charge in [0.15, 0.2) is 0 Å². The number of anilines is 2. The number of benzene rings is 2. The van der Waals surface area contributed by atoms with Crippen LogP contribution in [0.4, 0.5) is 11.6 Å². The molecule has 0 saturated heterocycles. The monoisotopic (exact) mass is 544 g/mol. The molecule has 8 nitrogen and oxygen atoms in total. The van der Waals surface area contributed by atoms with Gasteiger partial charge in [-0.25, -0.2) is 4.98 Å². The third-order valence-corrected chi connectivity index (χ3v) is 7.60. The minimum absolute atomic E-state index is 0.0897. The first kappa shape index (κ1) is 26.7. The molecule has 4 aromatic rings. The number of nitrogens with one attached hydrogen (secondary N) is 2. The number of aromatic nitrogens is 3. The number of fused-ring (bicyclic) bond motifs is 1. The second-order valence-electron chi connectivity index (χ2n) is 11.1. The van der Waals surface area contributed by atoms with Gasteiger partial charge in [-0.1, -0.05) is 11.6 Å². The standard InChI is InChI=1S/C30H33ClN6O2/c1-29(2)17-21(18-30(3,4)37(29)6)33-27(38)25-16-23(13-14-32-25)39-22-11-12-26-24(15-22)35-28(36(26)5)34-20-9-7-19(31)8-10-20/h7-17H,18H2,1-6H3,(H,33,38)(H,34,35). The molecule has 202 valence electrons. The average Bonchev–Trinajstić information content (AvgIpc) is 3.18. The van der Waals surface area contributed by atoms with Crippen molar-refractivity contribution in [2.45, 2.75) is 45.2 Å². The molecule has 0 atom stereocenters. The van der Waals surface area contributed by atoms with E-state index in [4.69, 9.17) is 21.3 Å². The summed E-state index contributed by atoms with van der Waals surface area (Å²) in [4.78, 5) is 24.4. The first-order valence-corrected chi connectivity index (χ1v) is 13.2. The Morgan fingerprint density at radius 2 is 1.72 bits per heavy atom. The normalized spacial score (nSPS) is 16.5. The summed E-state index contributed by atoms with van der Waals surface area (Å²) >= 11 is 6.00. The van der Waals surface area contributed by atoms with Crippen molar-refractivity contribution >= 4 is 40.2 Å². The van der Waals surface area contributed by atoms with Gasteiger partial charge in [0.2, 0.25) is 5.95 Å². The van der Waals surface area contributed by atoms with Crippen LogP contribution < -0.4 is 15.4 Å². The third kappa shape index (κ3) is 5.62. The first-order valence-electron chi connectivity index (χ1n) is 12.8. The number of likely N-dealkylation sites (N-methyl/N-ethyl adjacent to an activating group) is 1. The maximum Gasteiger partial charge on any atom is 0.274 e. The number of hydrogen-bond donors (Lipinski definition) is 2. The lowest BCUT2D eigenvalue weighted by Gasteiger charge is -2.49. The highest BCUT2D eigenvalue weighted by Crippen LogP contribution is 2.35. The van der Waals surface area contributed by atoms with Crippen LogP contribution in [0.5, 0.6) is 11.5 Å². The van der Waals surface area contributed by atoms with Gasteiger partial charge >= 0.3 is 0 Å². The van der Waals surface area contributed by atoms with E-state index in [2.05, 4.69) is 61.3 Å². The van der Waals surface area contributed by atoms with Crippen LogP contribution in [0.3, 0.4) is 0 Å². The van der Waals surface area contributed by atoms with Crippen molar-refractivity contribution < 1.29 is 9.53 Å². The molecule has 1 amide bonds. The van der Waals surface area contributed by atoms with Crippen molar-refractivity contribution in [2.24, 2.45) is 7.05 Å². The van der Waals surface area contributed by atoms with Crippen LogP contribution >= 0.6 is 11.6 Å². The number of halogens is 1. The highest BCUT2D eigenvalue weighted by molar-refractivity contribution is 6.30. The molecule has 0 saturated carbocycles. The fourth-order valence-corrected chi connectivity index (χ4v) is 5.11. The molecule has 5 rings (SSSR count). The fourth-order valence-electron chi connectivity index (χ4n) is 4.98. The number of ether oxygens (including phenoxy) is 1. The number of hydrogen-bond acceptors (Lipinski definition) is 6. The number of amides is 1. The lowest BCUT2D eigenvalue weighted by atomic mass is 9.84. The van der Waals surface area contributed by atoms with Crippen LogP contribution in [0.15, 0.2) is 72.6 Å². The van der Waals surface area contributed by atoms with Crippen LogP contribution in [0.25, 0.3) is 11.0 Å². The second kappa shape index (κ2) is 10.0. The van der Waals surface area contributed by atoms with E-state index in [9.17, 15) is 4.79 Å². The molecule has 1 aliphatic heterocycles. The van der Waals surface area contributed by atoms with Gasteiger partial charge in [-0.3, -0.25) is 14.7 Å². The van der Waals surface area contributed by atoms with Crippen LogP contribution in [0.1, 0.15) is 44.6 Å². The number of imidazole rings is 1. The molecule has 2 aromatic heterocycles. The molecular weight excluding hydrogens is 512 g/mol. The third-order valence-electron chi connectivity index (χ3n) is 7.35. The zero-order valence-corrected chi connectivity index (χ0v) is 23.8. The Kier molecular flexibility index (Phi) is 6.86. The molecule has 9 heteroatoms. The zero-order valence-electron chi connectivity index (χ0n) is 23.0. The minimum Gasteiger partial charge on any atom is -0.457 e. The van der Waals surface area contributed by atoms with Crippen molar-refractivity contribution in [2.75, 3.05) is 12.4 Å². The van der Waals surface area contributed by atoms with Gasteiger partial charge in [0.1, 0.15) is 17.2 Å². The summed E-state index contributed by atoms with van der Waals surface area (Å²) in [5, 5.41) is 7.06. The summed E-state index contributed by atoms with van der Waals surface area (Å²) in [6, 6.07) is 16.5. The Morgan fingerprint density at radius 3 is 2.44 bits per heavy atom. The lowest BCUT2D eigenvalue weighted by molar-refractivity contribution is 0.0588. The first-order chi connectivity index (χ1) is 18.4. The SMILES string of the molecule is CN1C(C)(C)C=C(NC(=O)c2cc(Oc3ccc4c(c3)nc(Nc3ccc(Cl)cc3)n4C)ccn2)CC1(C)C. The maximum absolute atomic E-state index is 13.1. The van der Waals surface area contributed by atoms with E-state index in [-0.39, 0.29) is 22.7 Å². The van der Waals surface area contributed by atoms with Crippen LogP contribution in [0, 0.1) is 0 Å². The van der Waals surface area contributed by atoms with E-state index in [0.29, 0.717) is 22.5 Å². The summed E-state index contributed by atoms with van der Waals surface area (Å²) in [5.41, 5.74) is 3.52. The summed E-state index contributed by atoms with van der Waals surface area (Å²) in [5.74, 6) is 1.56. The highest BCUT2D eigenvalue weighted by Gasteiger charge is 2.38. The molecule has 0 fully saturated rings. The molecule has 0 unspecified atom stereocenters. The van der Waals surface area contributed by atoms with E-state index in [0.717, 1.165) is 28.8 Å². The lowest BCUT2D eigenvalue weighted by Crippen LogP contribution is -2.56. The Labute approximate surface area is 233 Å². The maximum atomic E-state index is 13.1. The molecule has 2 aromatic carbocycles. The predicted molar refractivity (Wildman–Crippen MR) is 156 cm³/mol. The Hall–Kier alpha value is -3.88. The minimum atomic E-state index is -0.263. The Bertz CT molecular complexity index is 1570. The van der Waals surface area contributed by atoms with Crippen molar-refractivity contribution in [1.29, 1.82) is 0 Å². The largest absolute Gasteiger partial charge is 0.457 e. The summed E-state index contributed by atoms with van der Waals surface area (Å²) in [6.45, 7) is 8.63. The Morgan fingerprint density at radius 1 is 1.00 bits per heavy atom. The number of aryl methyl sites for hydroxylation is 1. The number of rotatable bonds is 6. The molecule has 39 heavy (non-hydrogen) atoms. The number of carbonyl (C=O) groups excluding carboxylic acids is 1. The number of carbonyl (C=O) groups is 1. The summed E-state index contributed by atoms with van der Waals surface area (Å²) in [6.07, 6.45) is 4.41. The smallest absolute Gasteiger partial charge is 0.274 e. The van der Waals surface area contributed by atoms with Gasteiger partial charge in [-0.05, 0) is 83.3 Å². The van der Waals surface area contributed by atoms with Crippen molar-refractivity contribution in [1.82, 2.24) is 24.8 Å². The topological polar surface area (TPSA) is 84.3 Å². The van der Waals surface area contributed by atoms with E-state index >= 15 is 0 Å². The predicted octanol–water partition coefficient (Wildman–Crippen LogP) is 6.66. The van der Waals surface area contributed by atoms with Crippen LogP contribution in [-0.4, -0.2) is 43.5 Å². The average molecular weight is 545 g/mol. The van der Waals surface area contributed by atoms with Gasteiger partial charge in [-0.15, -0.1) is 0 Å². The molecule has 1 aliphatic rings. The van der Waals surface area contributed by atoms with Gasteiger partial charge in [0.25, 0.3) is 5.91 Å². The fraction of sp³-hybridized carbons (Fsp3) is 0.300. The zero-order chi connectivity index (χ0) is 27.9. The van der Waals surface area contributed by atoms with Crippen molar-refractivity contribution in [3.8, 4) is 11.5 Å². The quantitative estimate of drug-likeness (QED) is 0.282. The van der Waals surface area contributed by atoms with Gasteiger partial charge in [0, 0.05) is 59.3 Å². The van der Waals surface area contributed by atoms with Crippen molar-refractivity contribution in [3.05, 3.63) is 83.3 Å². The van der Waals surface area contributed by atoms with Crippen LogP contribution in [-0.2, 0) is 7.05 Å². The molecule has 2 N–H and O–H groups in total. The molecule has 0 radical (unpaired) electrons. The van der Waals surface area contributed by atoms with E-state index in [1.54, 1.807) is 18.3 Å². The summed E-state index contributed by atoms with van der Waals surface area (Å²) in [7, 11) is 4.06. The van der Waals surface area contributed by atoms with Crippen molar-refractivity contribution in [3.63, 3.8) is 0 Å².